The molecule has 0 spiro atoms. The summed E-state index contributed by atoms with van der Waals surface area (Å²) in [4.78, 5) is 10.1. The van der Waals surface area contributed by atoms with Gasteiger partial charge < -0.3 is 10.2 Å². The van der Waals surface area contributed by atoms with Gasteiger partial charge in [0.05, 0.1) is 6.10 Å². The number of aliphatic carboxylic acids is 1. The van der Waals surface area contributed by atoms with Gasteiger partial charge in [-0.2, -0.15) is 0 Å². The molecular weight excluding hydrogens is 168 g/mol. The van der Waals surface area contributed by atoms with Crippen LogP contribution in [0.3, 0.4) is 0 Å². The average molecular weight is 188 g/mol. The van der Waals surface area contributed by atoms with E-state index in [0.29, 0.717) is 0 Å². The van der Waals surface area contributed by atoms with Crippen LogP contribution in [0.4, 0.5) is 0 Å². The van der Waals surface area contributed by atoms with Gasteiger partial charge in [-0.05, 0) is 19.8 Å². The van der Waals surface area contributed by atoms with Gasteiger partial charge in [-0.3, -0.25) is 4.79 Å². The zero-order valence-corrected chi connectivity index (χ0v) is 8.33. The molecule has 0 aromatic carbocycles. The number of carboxylic acids is 1. The van der Waals surface area contributed by atoms with Gasteiger partial charge in [0.1, 0.15) is 0 Å². The van der Waals surface area contributed by atoms with Crippen molar-refractivity contribution < 1.29 is 15.0 Å². The molecule has 2 N–H and O–H groups in total. The van der Waals surface area contributed by atoms with Crippen LogP contribution in [0.2, 0.25) is 0 Å². The molecule has 3 heteroatoms. The maximum Gasteiger partial charge on any atom is 0.303 e. The molecule has 0 unspecified atom stereocenters. The van der Waals surface area contributed by atoms with Crippen molar-refractivity contribution in [1.29, 1.82) is 0 Å². The highest BCUT2D eigenvalue weighted by Gasteiger charge is 1.97. The Kier molecular flexibility index (Phi) is 7.69. The number of aliphatic hydroxyl groups excluding tert-OH is 1. The topological polar surface area (TPSA) is 57.5 Å². The Balaban J connectivity index is 2.96. The van der Waals surface area contributed by atoms with E-state index in [1.54, 1.807) is 6.92 Å². The molecule has 13 heavy (non-hydrogen) atoms. The first-order valence-electron chi connectivity index (χ1n) is 5.03. The van der Waals surface area contributed by atoms with Gasteiger partial charge in [-0.25, -0.2) is 0 Å². The minimum Gasteiger partial charge on any atom is -0.481 e. The van der Waals surface area contributed by atoms with Crippen molar-refractivity contribution in [2.45, 2.75) is 58.0 Å². The van der Waals surface area contributed by atoms with Gasteiger partial charge in [0.25, 0.3) is 0 Å². The van der Waals surface area contributed by atoms with Gasteiger partial charge in [0.15, 0.2) is 0 Å². The first-order valence-corrected chi connectivity index (χ1v) is 5.03. The first kappa shape index (κ1) is 12.4. The number of carboxylic acid groups (broad SMARTS) is 1. The summed E-state index contributed by atoms with van der Waals surface area (Å²) >= 11 is 0. The Bertz CT molecular complexity index is 132. The van der Waals surface area contributed by atoms with Gasteiger partial charge in [-0.1, -0.05) is 25.7 Å². The van der Waals surface area contributed by atoms with Crippen LogP contribution in [0.15, 0.2) is 0 Å². The molecule has 0 aliphatic carbocycles. The lowest BCUT2D eigenvalue weighted by molar-refractivity contribution is -0.137. The molecule has 0 saturated heterocycles. The molecule has 0 heterocycles. The van der Waals surface area contributed by atoms with Gasteiger partial charge in [-0.15, -0.1) is 0 Å². The number of aliphatic hydroxyl groups is 1. The minimum atomic E-state index is -0.705. The quantitative estimate of drug-likeness (QED) is 0.574. The van der Waals surface area contributed by atoms with Crippen LogP contribution < -0.4 is 0 Å². The number of hydrogen-bond acceptors (Lipinski definition) is 2. The van der Waals surface area contributed by atoms with Crippen LogP contribution in [0.25, 0.3) is 0 Å². The van der Waals surface area contributed by atoms with E-state index in [9.17, 15) is 4.79 Å². The summed E-state index contributed by atoms with van der Waals surface area (Å²) in [5.41, 5.74) is 0. The van der Waals surface area contributed by atoms with E-state index in [2.05, 4.69) is 0 Å². The maximum atomic E-state index is 10.1. The monoisotopic (exact) mass is 188 g/mol. The van der Waals surface area contributed by atoms with E-state index in [4.69, 9.17) is 10.2 Å². The number of unbranched alkanes of at least 4 members (excludes halogenated alkanes) is 4. The molecule has 0 aliphatic heterocycles. The SMILES string of the molecule is C[C@H](O)CCCCCCCC(=O)O. The Morgan fingerprint density at radius 2 is 1.69 bits per heavy atom. The summed E-state index contributed by atoms with van der Waals surface area (Å²) in [5.74, 6) is -0.705. The van der Waals surface area contributed by atoms with Crippen molar-refractivity contribution in [1.82, 2.24) is 0 Å². The third-order valence-electron chi connectivity index (χ3n) is 2.01. The van der Waals surface area contributed by atoms with Crippen LogP contribution in [-0.4, -0.2) is 22.3 Å². The molecule has 78 valence electrons. The molecule has 1 atom stereocenters. The summed E-state index contributed by atoms with van der Waals surface area (Å²) in [6.07, 6.45) is 5.96. The summed E-state index contributed by atoms with van der Waals surface area (Å²) in [6, 6.07) is 0. The molecule has 0 aliphatic rings. The van der Waals surface area contributed by atoms with Crippen LogP contribution in [0.5, 0.6) is 0 Å². The fraction of sp³-hybridized carbons (Fsp3) is 0.900. The fourth-order valence-corrected chi connectivity index (χ4v) is 1.25. The largest absolute Gasteiger partial charge is 0.481 e. The molecule has 0 aromatic heterocycles. The molecular formula is C10H20O3. The smallest absolute Gasteiger partial charge is 0.303 e. The Morgan fingerprint density at radius 1 is 1.15 bits per heavy atom. The van der Waals surface area contributed by atoms with Gasteiger partial charge >= 0.3 is 5.97 Å². The van der Waals surface area contributed by atoms with Crippen molar-refractivity contribution >= 4 is 5.97 Å². The normalized spacial score (nSPS) is 12.8. The van der Waals surface area contributed by atoms with Gasteiger partial charge in [0.2, 0.25) is 0 Å². The van der Waals surface area contributed by atoms with Gasteiger partial charge in [0, 0.05) is 6.42 Å². The summed E-state index contributed by atoms with van der Waals surface area (Å²) in [6.45, 7) is 1.80. The first-order chi connectivity index (χ1) is 6.13. The second kappa shape index (κ2) is 8.05. The number of rotatable bonds is 8. The number of carbonyl (C=O) groups is 1. The molecule has 0 bridgehead atoms. The molecule has 0 aromatic rings. The predicted molar refractivity (Wildman–Crippen MR) is 51.6 cm³/mol. The second-order valence-electron chi connectivity index (χ2n) is 3.55. The summed E-state index contributed by atoms with van der Waals surface area (Å²) in [5, 5.41) is 17.3. The molecule has 0 saturated carbocycles. The molecule has 0 amide bonds. The molecule has 0 rings (SSSR count). The molecule has 0 fully saturated rings. The average Bonchev–Trinajstić information content (AvgIpc) is 2.01. The molecule has 0 radical (unpaired) electrons. The summed E-state index contributed by atoms with van der Waals surface area (Å²) < 4.78 is 0. The number of hydrogen-bond donors (Lipinski definition) is 2. The lowest BCUT2D eigenvalue weighted by atomic mass is 10.1. The highest BCUT2D eigenvalue weighted by Crippen LogP contribution is 2.08. The van der Waals surface area contributed by atoms with Crippen molar-refractivity contribution in [3.05, 3.63) is 0 Å². The Morgan fingerprint density at radius 3 is 2.23 bits per heavy atom. The van der Waals surface area contributed by atoms with Crippen LogP contribution in [-0.2, 0) is 4.79 Å². The standard InChI is InChI=1S/C10H20O3/c1-9(11)7-5-3-2-4-6-8-10(12)13/h9,11H,2-8H2,1H3,(H,12,13)/t9-/m0/s1. The van der Waals surface area contributed by atoms with E-state index in [0.717, 1.165) is 38.5 Å². The second-order valence-corrected chi connectivity index (χ2v) is 3.55. The predicted octanol–water partition coefficient (Wildman–Crippen LogP) is 2.18. The minimum absolute atomic E-state index is 0.195. The zero-order valence-electron chi connectivity index (χ0n) is 8.33. The van der Waals surface area contributed by atoms with Crippen LogP contribution >= 0.6 is 0 Å². The van der Waals surface area contributed by atoms with Crippen LogP contribution in [0, 0.1) is 0 Å². The fourth-order valence-electron chi connectivity index (χ4n) is 1.25. The van der Waals surface area contributed by atoms with E-state index in [-0.39, 0.29) is 12.5 Å². The highest BCUT2D eigenvalue weighted by molar-refractivity contribution is 5.66. The third-order valence-corrected chi connectivity index (χ3v) is 2.01. The Hall–Kier alpha value is -0.570. The molecule has 3 nitrogen and oxygen atoms in total. The van der Waals surface area contributed by atoms with Crippen molar-refractivity contribution in [2.75, 3.05) is 0 Å². The van der Waals surface area contributed by atoms with E-state index in [1.807, 2.05) is 0 Å². The van der Waals surface area contributed by atoms with Crippen molar-refractivity contribution in [2.24, 2.45) is 0 Å². The zero-order chi connectivity index (χ0) is 10.1. The highest BCUT2D eigenvalue weighted by atomic mass is 16.4. The third kappa shape index (κ3) is 11.4. The lowest BCUT2D eigenvalue weighted by Gasteiger charge is -2.02. The maximum absolute atomic E-state index is 10.1. The van der Waals surface area contributed by atoms with E-state index in [1.165, 1.54) is 0 Å². The van der Waals surface area contributed by atoms with Crippen molar-refractivity contribution in [3.8, 4) is 0 Å². The van der Waals surface area contributed by atoms with Crippen LogP contribution in [0.1, 0.15) is 51.9 Å². The van der Waals surface area contributed by atoms with E-state index >= 15 is 0 Å². The lowest BCUT2D eigenvalue weighted by Crippen LogP contribution is -1.98. The Labute approximate surface area is 79.8 Å². The van der Waals surface area contributed by atoms with E-state index < -0.39 is 5.97 Å². The van der Waals surface area contributed by atoms with Crippen molar-refractivity contribution in [3.63, 3.8) is 0 Å². The summed E-state index contributed by atoms with van der Waals surface area (Å²) in [7, 11) is 0.